The summed E-state index contributed by atoms with van der Waals surface area (Å²) in [5.74, 6) is -1.84. The highest BCUT2D eigenvalue weighted by Crippen LogP contribution is 2.48. The van der Waals surface area contributed by atoms with E-state index in [0.717, 1.165) is 18.2 Å². The lowest BCUT2D eigenvalue weighted by atomic mass is 9.91. The van der Waals surface area contributed by atoms with E-state index in [4.69, 9.17) is 33.1 Å². The number of carboxylic acid groups (broad SMARTS) is 1. The fourth-order valence-electron chi connectivity index (χ4n) is 2.89. The molecule has 3 rings (SSSR count). The number of carboxylic acids is 1. The number of alkyl halides is 6. The van der Waals surface area contributed by atoms with E-state index in [0.29, 0.717) is 18.2 Å². The van der Waals surface area contributed by atoms with Crippen LogP contribution in [0.1, 0.15) is 27.0 Å². The van der Waals surface area contributed by atoms with E-state index in [-0.39, 0.29) is 15.6 Å². The molecular weight excluding hydrogens is 463 g/mol. The Kier molecular flexibility index (Phi) is 5.46. The zero-order valence-electron chi connectivity index (χ0n) is 14.3. The lowest BCUT2D eigenvalue weighted by Gasteiger charge is -2.28. The highest BCUT2D eigenvalue weighted by atomic mass is 35.5. The number of aromatic carboxylic acids is 1. The molecule has 4 nitrogen and oxygen atoms in total. The van der Waals surface area contributed by atoms with Crippen LogP contribution in [0.5, 0.6) is 0 Å². The number of carbonyl (C=O) groups is 1. The maximum absolute atomic E-state index is 13.9. The molecule has 0 aromatic heterocycles. The number of rotatable bonds is 3. The first-order valence-corrected chi connectivity index (χ1v) is 8.65. The predicted octanol–water partition coefficient (Wildman–Crippen LogP) is 6.04. The maximum atomic E-state index is 13.9. The summed E-state index contributed by atoms with van der Waals surface area (Å²) in [4.78, 5) is 15.8. The molecule has 160 valence electrons. The van der Waals surface area contributed by atoms with Crippen molar-refractivity contribution in [3.63, 3.8) is 0 Å². The van der Waals surface area contributed by atoms with Gasteiger partial charge < -0.3 is 5.11 Å². The van der Waals surface area contributed by atoms with Gasteiger partial charge in [0.25, 0.3) is 0 Å². The van der Waals surface area contributed by atoms with Gasteiger partial charge in [0.2, 0.25) is 5.60 Å². The largest absolute Gasteiger partial charge is 0.478 e. The quantitative estimate of drug-likeness (QED) is 0.535. The molecule has 1 aliphatic heterocycles. The van der Waals surface area contributed by atoms with Gasteiger partial charge >= 0.3 is 18.3 Å². The lowest BCUT2D eigenvalue weighted by molar-refractivity contribution is -0.269. The van der Waals surface area contributed by atoms with Crippen LogP contribution in [-0.2, 0) is 16.6 Å². The van der Waals surface area contributed by atoms with E-state index >= 15 is 0 Å². The third kappa shape index (κ3) is 3.94. The van der Waals surface area contributed by atoms with Gasteiger partial charge in [-0.2, -0.15) is 26.3 Å². The Morgan fingerprint density at radius 3 is 2.10 bits per heavy atom. The van der Waals surface area contributed by atoms with Gasteiger partial charge in [-0.1, -0.05) is 29.3 Å². The van der Waals surface area contributed by atoms with Crippen molar-refractivity contribution in [1.29, 1.82) is 0 Å². The third-order valence-electron chi connectivity index (χ3n) is 4.25. The van der Waals surface area contributed by atoms with Crippen molar-refractivity contribution in [2.45, 2.75) is 18.0 Å². The third-order valence-corrected chi connectivity index (χ3v) is 4.68. The van der Waals surface area contributed by atoms with Gasteiger partial charge in [-0.05, 0) is 36.4 Å². The van der Waals surface area contributed by atoms with Crippen molar-refractivity contribution in [2.75, 3.05) is 0 Å². The Morgan fingerprint density at radius 2 is 1.60 bits per heavy atom. The fraction of sp³-hybridized carbons (Fsp3) is 0.167. The molecule has 1 aliphatic rings. The molecule has 2 aromatic carbocycles. The minimum absolute atomic E-state index is 0.114. The van der Waals surface area contributed by atoms with E-state index < -0.39 is 46.3 Å². The summed E-state index contributed by atoms with van der Waals surface area (Å²) in [6, 6.07) is 5.10. The minimum Gasteiger partial charge on any atom is -0.478 e. The number of hydrogen-bond donors (Lipinski definition) is 2. The van der Waals surface area contributed by atoms with Crippen molar-refractivity contribution in [3.8, 4) is 0 Å². The van der Waals surface area contributed by atoms with Crippen LogP contribution in [0.2, 0.25) is 10.0 Å². The summed E-state index contributed by atoms with van der Waals surface area (Å²) in [5.41, 5.74) is -5.02. The summed E-state index contributed by atoms with van der Waals surface area (Å²) >= 11 is 11.6. The second-order valence-corrected chi connectivity index (χ2v) is 7.09. The van der Waals surface area contributed by atoms with Gasteiger partial charge in [0, 0.05) is 21.2 Å². The summed E-state index contributed by atoms with van der Waals surface area (Å²) in [6.07, 6.45) is -9.57. The van der Waals surface area contributed by atoms with Crippen molar-refractivity contribution < 1.29 is 41.1 Å². The topological polar surface area (TPSA) is 58.6 Å². The summed E-state index contributed by atoms with van der Waals surface area (Å²) in [6.45, 7) is 0. The van der Waals surface area contributed by atoms with Crippen LogP contribution in [0.3, 0.4) is 0 Å². The van der Waals surface area contributed by atoms with Gasteiger partial charge in [0.1, 0.15) is 0 Å². The van der Waals surface area contributed by atoms with Gasteiger partial charge in [0.05, 0.1) is 16.8 Å². The zero-order valence-corrected chi connectivity index (χ0v) is 15.8. The molecule has 0 bridgehead atoms. The molecule has 0 radical (unpaired) electrons. The molecule has 0 spiro atoms. The second kappa shape index (κ2) is 7.36. The average molecular weight is 472 g/mol. The monoisotopic (exact) mass is 471 g/mol. The van der Waals surface area contributed by atoms with Crippen LogP contribution in [-0.4, -0.2) is 17.3 Å². The SMILES string of the molecule is O=C(O)c1ccc(C2=CC(c3cc(Cl)cc(Cl)c3)(C(F)(F)F)ON2)cc1C(F)(F)F. The van der Waals surface area contributed by atoms with E-state index in [9.17, 15) is 31.1 Å². The van der Waals surface area contributed by atoms with Crippen LogP contribution in [0.4, 0.5) is 26.3 Å². The van der Waals surface area contributed by atoms with Crippen molar-refractivity contribution in [3.05, 3.63) is 74.8 Å². The molecule has 12 heteroatoms. The molecular formula is C18H9Cl2F6NO3. The van der Waals surface area contributed by atoms with Crippen LogP contribution < -0.4 is 5.48 Å². The highest BCUT2D eigenvalue weighted by molar-refractivity contribution is 6.34. The van der Waals surface area contributed by atoms with E-state index in [1.165, 1.54) is 6.07 Å². The molecule has 0 fully saturated rings. The number of hydrogen-bond acceptors (Lipinski definition) is 3. The molecule has 0 aliphatic carbocycles. The van der Waals surface area contributed by atoms with E-state index in [2.05, 4.69) is 0 Å². The second-order valence-electron chi connectivity index (χ2n) is 6.22. The minimum atomic E-state index is -5.05. The molecule has 0 saturated heterocycles. The van der Waals surface area contributed by atoms with Crippen molar-refractivity contribution >= 4 is 34.9 Å². The van der Waals surface area contributed by atoms with Gasteiger partial charge in [0.15, 0.2) is 0 Å². The highest BCUT2D eigenvalue weighted by Gasteiger charge is 2.59. The normalized spacial score (nSPS) is 19.4. The Hall–Kier alpha value is -2.43. The van der Waals surface area contributed by atoms with Gasteiger partial charge in [-0.3, -0.25) is 10.3 Å². The van der Waals surface area contributed by atoms with Crippen LogP contribution in [0.25, 0.3) is 5.70 Å². The molecule has 2 aromatic rings. The van der Waals surface area contributed by atoms with Crippen molar-refractivity contribution in [1.82, 2.24) is 5.48 Å². The molecule has 1 unspecified atom stereocenters. The number of benzene rings is 2. The zero-order chi connectivity index (χ0) is 22.5. The summed E-state index contributed by atoms with van der Waals surface area (Å²) in [5, 5.41) is 8.72. The first-order valence-electron chi connectivity index (χ1n) is 7.90. The maximum Gasteiger partial charge on any atom is 0.428 e. The van der Waals surface area contributed by atoms with E-state index in [1.54, 1.807) is 0 Å². The number of halogens is 8. The standard InChI is InChI=1S/C18H9Cl2F6NO3/c19-10-4-9(5-11(20)6-10)16(18(24,25)26)7-14(27-30-16)8-1-2-12(15(28)29)13(3-8)17(21,22)23/h1-7,27H,(H,28,29). The Labute approximate surface area is 174 Å². The first kappa shape index (κ1) is 22.3. The lowest BCUT2D eigenvalue weighted by Crippen LogP contribution is -2.42. The summed E-state index contributed by atoms with van der Waals surface area (Å²) in [7, 11) is 0. The van der Waals surface area contributed by atoms with Gasteiger partial charge in [-0.15, -0.1) is 0 Å². The number of hydroxylamine groups is 1. The van der Waals surface area contributed by atoms with Crippen molar-refractivity contribution in [2.24, 2.45) is 0 Å². The smallest absolute Gasteiger partial charge is 0.428 e. The number of nitrogens with one attached hydrogen (secondary N) is 1. The Bertz CT molecular complexity index is 1030. The fourth-order valence-corrected chi connectivity index (χ4v) is 3.41. The molecule has 2 N–H and O–H groups in total. The molecule has 0 saturated carbocycles. The van der Waals surface area contributed by atoms with Crippen LogP contribution in [0, 0.1) is 0 Å². The molecule has 1 heterocycles. The van der Waals surface area contributed by atoms with E-state index in [1.807, 2.05) is 5.48 Å². The van der Waals surface area contributed by atoms with Gasteiger partial charge in [-0.25, -0.2) is 4.79 Å². The van der Waals surface area contributed by atoms with Crippen LogP contribution >= 0.6 is 23.2 Å². The van der Waals surface area contributed by atoms with Crippen LogP contribution in [0.15, 0.2) is 42.5 Å². The predicted molar refractivity (Wildman–Crippen MR) is 94.8 cm³/mol. The Morgan fingerprint density at radius 1 is 1.00 bits per heavy atom. The molecule has 1 atom stereocenters. The molecule has 0 amide bonds. The molecule has 30 heavy (non-hydrogen) atoms. The summed E-state index contributed by atoms with van der Waals surface area (Å²) < 4.78 is 81.5. The first-order chi connectivity index (χ1) is 13.7. The Balaban J connectivity index is 2.18. The average Bonchev–Trinajstić information content (AvgIpc) is 3.06.